The number of hydroxylamine groups is 1. The first-order valence-corrected chi connectivity index (χ1v) is 16.2. The summed E-state index contributed by atoms with van der Waals surface area (Å²) >= 11 is 12.2. The Morgan fingerprint density at radius 2 is 1.45 bits per heavy atom. The molecule has 2 unspecified atom stereocenters. The topological polar surface area (TPSA) is 75.7 Å². The number of carbonyl (C=O) groups excluding carboxylic acids is 3. The van der Waals surface area contributed by atoms with E-state index < -0.39 is 114 Å². The molecule has 0 heterocycles. The molecule has 2 atom stereocenters. The van der Waals surface area contributed by atoms with Crippen molar-refractivity contribution in [3.05, 3.63) is 103 Å². The van der Waals surface area contributed by atoms with Gasteiger partial charge in [0.05, 0.1) is 22.7 Å². The van der Waals surface area contributed by atoms with Crippen LogP contribution < -0.4 is 10.4 Å². The molecule has 1 aliphatic carbocycles. The summed E-state index contributed by atoms with van der Waals surface area (Å²) in [5.41, 5.74) is -16.1. The van der Waals surface area contributed by atoms with Crippen LogP contribution in [0.1, 0.15) is 45.7 Å². The Kier molecular flexibility index (Phi) is 11.5. The van der Waals surface area contributed by atoms with Crippen molar-refractivity contribution in [3.63, 3.8) is 0 Å². The number of carbonyl (C=O) groups is 3. The van der Waals surface area contributed by atoms with Crippen molar-refractivity contribution >= 4 is 75.0 Å². The molecule has 0 aliphatic heterocycles. The van der Waals surface area contributed by atoms with Crippen molar-refractivity contribution in [2.45, 2.75) is 38.0 Å². The predicted molar refractivity (Wildman–Crippen MR) is 173 cm³/mol. The lowest BCUT2D eigenvalue weighted by Gasteiger charge is -2.31. The van der Waals surface area contributed by atoms with Crippen LogP contribution in [0.15, 0.2) is 65.2 Å². The number of hydrogen-bond acceptors (Lipinski definition) is 4. The number of rotatable bonds is 7. The highest BCUT2D eigenvalue weighted by atomic mass is 127. The van der Waals surface area contributed by atoms with Gasteiger partial charge < -0.3 is 10.2 Å². The molecule has 0 spiro atoms. The lowest BCUT2D eigenvalue weighted by molar-refractivity contribution is -0.348. The second-order valence-corrected chi connectivity index (χ2v) is 14.1. The second kappa shape index (κ2) is 14.5. The van der Waals surface area contributed by atoms with Crippen LogP contribution in [-0.2, 0) is 21.5 Å². The Morgan fingerprint density at radius 1 is 0.887 bits per heavy atom. The van der Waals surface area contributed by atoms with Crippen molar-refractivity contribution < 1.29 is 71.9 Å². The van der Waals surface area contributed by atoms with Gasteiger partial charge in [0.1, 0.15) is 16.0 Å². The van der Waals surface area contributed by atoms with E-state index in [9.17, 15) is 62.7 Å². The largest absolute Gasteiger partial charge is 0.435 e. The zero-order chi connectivity index (χ0) is 40.2. The molecule has 3 aromatic rings. The third-order valence-corrected chi connectivity index (χ3v) is 9.28. The molecule has 1 N–H and O–H groups in total. The van der Waals surface area contributed by atoms with Crippen molar-refractivity contribution in [2.24, 2.45) is 17.3 Å². The van der Waals surface area contributed by atoms with E-state index in [2.05, 4.69) is 0 Å². The number of benzene rings is 3. The first-order valence-electron chi connectivity index (χ1n) is 14.3. The van der Waals surface area contributed by atoms with E-state index >= 15 is 4.39 Å². The molecule has 0 saturated heterocycles. The van der Waals surface area contributed by atoms with Crippen LogP contribution in [0.5, 0.6) is 0 Å². The summed E-state index contributed by atoms with van der Waals surface area (Å²) in [5.74, 6) is -8.49. The van der Waals surface area contributed by atoms with Crippen molar-refractivity contribution in [1.29, 1.82) is 0 Å². The summed E-state index contributed by atoms with van der Waals surface area (Å²) in [6.07, 6.45) is -18.1. The number of nitrogens with zero attached hydrogens (tertiary/aromatic N) is 1. The Bertz CT molecular complexity index is 1960. The Morgan fingerprint density at radius 3 is 1.96 bits per heavy atom. The van der Waals surface area contributed by atoms with Crippen LogP contribution in [0.3, 0.4) is 0 Å². The third-order valence-electron chi connectivity index (χ3n) is 8.18. The highest BCUT2D eigenvalue weighted by molar-refractivity contribution is 14.1. The zero-order valence-electron chi connectivity index (χ0n) is 26.2. The van der Waals surface area contributed by atoms with Crippen LogP contribution in [-0.4, -0.2) is 30.1 Å². The molecule has 1 saturated carbocycles. The van der Waals surface area contributed by atoms with E-state index in [1.54, 1.807) is 19.2 Å². The summed E-state index contributed by atoms with van der Waals surface area (Å²) in [5, 5.41) is 1.64. The SMILES string of the molecule is CC1(C)C(C=C(Cl)Cl)C1C(=O)ON(C(=O)c1ccc(F)cc1)c1cccc(C(=O)Nc2c(I)cc(C(F)(C(F)(F)F)C(F)(F)F)cc2C(F)(F)F)c1F. The van der Waals surface area contributed by atoms with Gasteiger partial charge in [0.2, 0.25) is 0 Å². The van der Waals surface area contributed by atoms with E-state index in [-0.39, 0.29) is 15.6 Å². The fourth-order valence-electron chi connectivity index (χ4n) is 5.31. The standard InChI is InChI=1S/C32H19Cl2F12IN2O4/c1-28(2)17(12-21(33)34)22(28)27(52)53-49(26(51)13-6-8-15(35)9-7-13)20-5-3-4-16(23(20)36)25(50)48-24-18(30(38,39)40)10-14(11-19(24)47)29(37,31(41,42)43)32(44,45)46/h3-12,17,22H,1-2H3,(H,48,50). The predicted octanol–water partition coefficient (Wildman–Crippen LogP) is 10.8. The molecule has 53 heavy (non-hydrogen) atoms. The molecule has 3 aromatic carbocycles. The fourth-order valence-corrected chi connectivity index (χ4v) is 6.34. The molecule has 0 aromatic heterocycles. The van der Waals surface area contributed by atoms with E-state index in [4.69, 9.17) is 28.0 Å². The van der Waals surface area contributed by atoms with Crippen LogP contribution in [0.25, 0.3) is 0 Å². The van der Waals surface area contributed by atoms with Crippen molar-refractivity contribution in [2.75, 3.05) is 10.4 Å². The second-order valence-electron chi connectivity index (χ2n) is 11.9. The maximum absolute atomic E-state index is 16.1. The summed E-state index contributed by atoms with van der Waals surface area (Å²) in [6.45, 7) is 3.19. The van der Waals surface area contributed by atoms with Gasteiger partial charge in [0, 0.05) is 14.7 Å². The van der Waals surface area contributed by atoms with Crippen LogP contribution in [0, 0.1) is 32.5 Å². The van der Waals surface area contributed by atoms with E-state index in [0.29, 0.717) is 6.07 Å². The average Bonchev–Trinajstić information content (AvgIpc) is 3.56. The lowest BCUT2D eigenvalue weighted by atomic mass is 9.92. The highest BCUT2D eigenvalue weighted by Crippen LogP contribution is 2.60. The molecule has 21 heteroatoms. The van der Waals surface area contributed by atoms with Gasteiger partial charge in [-0.3, -0.25) is 9.59 Å². The summed E-state index contributed by atoms with van der Waals surface area (Å²) in [6, 6.07) is 4.76. The smallest absolute Gasteiger partial charge is 0.332 e. The molecule has 4 rings (SSSR count). The zero-order valence-corrected chi connectivity index (χ0v) is 29.8. The maximum atomic E-state index is 16.1. The highest BCUT2D eigenvalue weighted by Gasteiger charge is 2.74. The van der Waals surface area contributed by atoms with Gasteiger partial charge in [-0.1, -0.05) is 43.1 Å². The van der Waals surface area contributed by atoms with Gasteiger partial charge >= 0.3 is 30.2 Å². The maximum Gasteiger partial charge on any atom is 0.435 e. The molecular formula is C32H19Cl2F12IN2O4. The van der Waals surface area contributed by atoms with E-state index in [1.807, 2.05) is 0 Å². The number of amides is 2. The Labute approximate surface area is 314 Å². The number of anilines is 2. The minimum Gasteiger partial charge on any atom is -0.332 e. The minimum absolute atomic E-state index is 0.0773. The number of halogens is 15. The van der Waals surface area contributed by atoms with Gasteiger partial charge in [-0.2, -0.15) is 39.5 Å². The quantitative estimate of drug-likeness (QED) is 0.146. The van der Waals surface area contributed by atoms with Crippen LogP contribution in [0.2, 0.25) is 0 Å². The molecule has 0 bridgehead atoms. The first-order chi connectivity index (χ1) is 24.1. The minimum atomic E-state index is -6.78. The fraction of sp³-hybridized carbons (Fsp3) is 0.281. The summed E-state index contributed by atoms with van der Waals surface area (Å²) in [4.78, 5) is 45.3. The molecular weight excluding hydrogens is 902 g/mol. The van der Waals surface area contributed by atoms with Crippen LogP contribution in [0.4, 0.5) is 64.1 Å². The average molecular weight is 921 g/mol. The summed E-state index contributed by atoms with van der Waals surface area (Å²) in [7, 11) is 0. The number of allylic oxidation sites excluding steroid dienone is 1. The molecule has 286 valence electrons. The third kappa shape index (κ3) is 8.20. The van der Waals surface area contributed by atoms with Crippen molar-refractivity contribution in [1.82, 2.24) is 0 Å². The molecule has 2 amide bonds. The normalized spacial score (nSPS) is 17.2. The van der Waals surface area contributed by atoms with Gasteiger partial charge in [-0.05, 0) is 88.5 Å². The molecule has 0 radical (unpaired) electrons. The van der Waals surface area contributed by atoms with Gasteiger partial charge in [0.15, 0.2) is 5.82 Å². The van der Waals surface area contributed by atoms with Gasteiger partial charge in [-0.25, -0.2) is 18.0 Å². The monoisotopic (exact) mass is 920 g/mol. The first kappa shape index (κ1) is 42.0. The van der Waals surface area contributed by atoms with Crippen molar-refractivity contribution in [3.8, 4) is 0 Å². The molecule has 1 fully saturated rings. The van der Waals surface area contributed by atoms with E-state index in [1.165, 1.54) is 6.08 Å². The Balaban J connectivity index is 1.80. The molecule has 1 aliphatic rings. The van der Waals surface area contributed by atoms with E-state index in [0.717, 1.165) is 59.0 Å². The Hall–Kier alpha value is -3.72. The van der Waals surface area contributed by atoms with Gasteiger partial charge in [-0.15, -0.1) is 5.06 Å². The number of nitrogens with one attached hydrogen (secondary N) is 1. The summed E-state index contributed by atoms with van der Waals surface area (Å²) < 4.78 is 165. The molecule has 6 nitrogen and oxygen atoms in total. The lowest BCUT2D eigenvalue weighted by Crippen LogP contribution is -2.50. The van der Waals surface area contributed by atoms with Gasteiger partial charge in [0.25, 0.3) is 11.8 Å². The van der Waals surface area contributed by atoms with Crippen LogP contribution >= 0.6 is 45.8 Å². The number of hydrogen-bond donors (Lipinski definition) is 1. The number of alkyl halides is 10.